The summed E-state index contributed by atoms with van der Waals surface area (Å²) in [6, 6.07) is 7.30. The lowest BCUT2D eigenvalue weighted by molar-refractivity contribution is -0.137. The second kappa shape index (κ2) is 12.2. The number of Topliss-reactive ketones (excluding diaryl/α,β-unsaturated/α-hetero) is 1. The Morgan fingerprint density at radius 3 is 2.40 bits per heavy atom. The molecule has 40 heavy (non-hydrogen) atoms. The van der Waals surface area contributed by atoms with Gasteiger partial charge in [-0.3, -0.25) is 4.79 Å². The van der Waals surface area contributed by atoms with E-state index in [0.29, 0.717) is 24.0 Å². The highest BCUT2D eigenvalue weighted by molar-refractivity contribution is 7.89. The standard InChI is InChI=1S/C26H31F3N4O5S2/c1-5-12-24(3,4)25(33-23(35)38-14-6-2,20(34)16-31-40(36,37)21-9-7-8-13-30-21)22-32-18-15-17(26(27,28)29)10-11-19(18)39-22/h7-11,13,15,31H,5-6,12,14,16H2,1-4H3,(H,33,35)/t25-/m0/s1. The molecule has 1 amide bonds. The lowest BCUT2D eigenvalue weighted by Crippen LogP contribution is -2.62. The van der Waals surface area contributed by atoms with Crippen molar-refractivity contribution >= 4 is 43.5 Å². The Morgan fingerprint density at radius 2 is 1.80 bits per heavy atom. The topological polar surface area (TPSA) is 127 Å². The van der Waals surface area contributed by atoms with E-state index in [1.807, 2.05) is 6.92 Å². The fraction of sp³-hybridized carbons (Fsp3) is 0.462. The van der Waals surface area contributed by atoms with Crippen LogP contribution in [0.4, 0.5) is 18.0 Å². The van der Waals surface area contributed by atoms with Crippen molar-refractivity contribution in [3.05, 3.63) is 53.2 Å². The molecule has 1 atom stereocenters. The maximum absolute atomic E-state index is 14.1. The number of alkyl carbamates (subject to hydrolysis) is 1. The first-order valence-corrected chi connectivity index (χ1v) is 14.8. The quantitative estimate of drug-likeness (QED) is 0.284. The van der Waals surface area contributed by atoms with Gasteiger partial charge < -0.3 is 10.1 Å². The van der Waals surface area contributed by atoms with Gasteiger partial charge in [-0.15, -0.1) is 11.3 Å². The molecule has 1 aromatic carbocycles. The molecule has 0 unspecified atom stereocenters. The molecule has 0 aliphatic rings. The highest BCUT2D eigenvalue weighted by Crippen LogP contribution is 2.47. The van der Waals surface area contributed by atoms with E-state index >= 15 is 0 Å². The average Bonchev–Trinajstić information content (AvgIpc) is 3.32. The van der Waals surface area contributed by atoms with E-state index in [2.05, 4.69) is 20.0 Å². The highest BCUT2D eigenvalue weighted by atomic mass is 32.2. The predicted octanol–water partition coefficient (Wildman–Crippen LogP) is 5.42. The van der Waals surface area contributed by atoms with Crippen molar-refractivity contribution in [2.75, 3.05) is 13.2 Å². The molecule has 0 fully saturated rings. The Kier molecular flexibility index (Phi) is 9.58. The van der Waals surface area contributed by atoms with Crippen LogP contribution in [-0.2, 0) is 31.3 Å². The summed E-state index contributed by atoms with van der Waals surface area (Å²) in [5, 5.41) is 2.35. The first kappa shape index (κ1) is 31.4. The number of rotatable bonds is 12. The molecule has 3 rings (SSSR count). The SMILES string of the molecule is CCCOC(=O)N[C@@](C(=O)CNS(=O)(=O)c1ccccn1)(c1nc2cc(C(F)(F)F)ccc2s1)C(C)(C)CCC. The molecule has 0 saturated carbocycles. The number of benzene rings is 1. The number of amides is 1. The van der Waals surface area contributed by atoms with Gasteiger partial charge in [0.05, 0.1) is 28.9 Å². The number of thiazole rings is 1. The number of sulfonamides is 1. The highest BCUT2D eigenvalue weighted by Gasteiger charge is 2.55. The van der Waals surface area contributed by atoms with Crippen molar-refractivity contribution < 1.29 is 35.9 Å². The average molecular weight is 601 g/mol. The van der Waals surface area contributed by atoms with Gasteiger partial charge in [-0.1, -0.05) is 40.2 Å². The van der Waals surface area contributed by atoms with Crippen LogP contribution in [0.2, 0.25) is 0 Å². The van der Waals surface area contributed by atoms with E-state index < -0.39 is 51.1 Å². The summed E-state index contributed by atoms with van der Waals surface area (Å²) in [7, 11) is -4.21. The minimum atomic E-state index is -4.61. The number of ketones is 1. The molecule has 0 spiro atoms. The molecule has 2 aromatic heterocycles. The zero-order valence-electron chi connectivity index (χ0n) is 22.5. The molecule has 2 heterocycles. The van der Waals surface area contributed by atoms with Crippen LogP contribution in [0.1, 0.15) is 57.5 Å². The van der Waals surface area contributed by atoms with Crippen LogP contribution in [0.25, 0.3) is 10.2 Å². The van der Waals surface area contributed by atoms with Crippen molar-refractivity contribution in [2.24, 2.45) is 5.41 Å². The van der Waals surface area contributed by atoms with Gasteiger partial charge in [0.2, 0.25) is 0 Å². The van der Waals surface area contributed by atoms with Crippen molar-refractivity contribution in [3.8, 4) is 0 Å². The van der Waals surface area contributed by atoms with E-state index in [-0.39, 0.29) is 22.2 Å². The van der Waals surface area contributed by atoms with Gasteiger partial charge in [0, 0.05) is 11.6 Å². The molecule has 2 N–H and O–H groups in total. The van der Waals surface area contributed by atoms with Gasteiger partial charge in [-0.2, -0.15) is 13.2 Å². The monoisotopic (exact) mass is 600 g/mol. The van der Waals surface area contributed by atoms with Crippen molar-refractivity contribution in [2.45, 2.75) is 63.7 Å². The zero-order valence-corrected chi connectivity index (χ0v) is 24.1. The van der Waals surface area contributed by atoms with Crippen LogP contribution in [-0.4, -0.2) is 43.4 Å². The summed E-state index contributed by atoms with van der Waals surface area (Å²) in [5.74, 6) is -0.769. The van der Waals surface area contributed by atoms with E-state index in [0.717, 1.165) is 23.5 Å². The van der Waals surface area contributed by atoms with Crippen molar-refractivity contribution in [3.63, 3.8) is 0 Å². The number of pyridine rings is 1. The van der Waals surface area contributed by atoms with Crippen LogP contribution in [0.5, 0.6) is 0 Å². The molecule has 14 heteroatoms. The summed E-state index contributed by atoms with van der Waals surface area (Å²) >= 11 is 0.941. The molecule has 0 aliphatic carbocycles. The zero-order chi connectivity index (χ0) is 29.8. The Morgan fingerprint density at radius 1 is 1.07 bits per heavy atom. The number of nitrogens with one attached hydrogen (secondary N) is 2. The van der Waals surface area contributed by atoms with Gasteiger partial charge in [0.15, 0.2) is 16.3 Å². The third kappa shape index (κ3) is 6.61. The maximum atomic E-state index is 14.1. The lowest BCUT2D eigenvalue weighted by Gasteiger charge is -2.44. The Balaban J connectivity index is 2.18. The molecular formula is C26H31F3N4O5S2. The van der Waals surface area contributed by atoms with Gasteiger partial charge in [0.25, 0.3) is 10.0 Å². The second-order valence-electron chi connectivity index (χ2n) is 9.76. The molecule has 218 valence electrons. The Hall–Kier alpha value is -3.10. The second-order valence-corrected chi connectivity index (χ2v) is 12.5. The fourth-order valence-electron chi connectivity index (χ4n) is 4.41. The number of hydrogen-bond donors (Lipinski definition) is 2. The third-order valence-corrected chi connectivity index (χ3v) is 8.88. The van der Waals surface area contributed by atoms with Crippen molar-refractivity contribution in [1.82, 2.24) is 20.0 Å². The number of alkyl halides is 3. The number of nitrogens with zero attached hydrogens (tertiary/aromatic N) is 2. The normalized spacial score (nSPS) is 14.1. The first-order chi connectivity index (χ1) is 18.7. The number of aromatic nitrogens is 2. The van der Waals surface area contributed by atoms with Crippen LogP contribution in [0, 0.1) is 5.41 Å². The Labute approximate surface area is 234 Å². The number of halogens is 3. The smallest absolute Gasteiger partial charge is 0.416 e. The molecule has 0 saturated heterocycles. The van der Waals surface area contributed by atoms with Crippen LogP contribution < -0.4 is 10.0 Å². The number of ether oxygens (including phenoxy) is 1. The third-order valence-electron chi connectivity index (χ3n) is 6.41. The number of fused-ring (bicyclic) bond motifs is 1. The van der Waals surface area contributed by atoms with E-state index in [4.69, 9.17) is 4.74 Å². The minimum absolute atomic E-state index is 0.00996. The van der Waals surface area contributed by atoms with Gasteiger partial charge in [0.1, 0.15) is 5.01 Å². The Bertz CT molecular complexity index is 1460. The summed E-state index contributed by atoms with van der Waals surface area (Å²) in [6.45, 7) is 6.34. The fourth-order valence-corrected chi connectivity index (χ4v) is 6.63. The summed E-state index contributed by atoms with van der Waals surface area (Å²) in [5.41, 5.74) is -3.97. The van der Waals surface area contributed by atoms with Gasteiger partial charge in [-0.05, 0) is 43.2 Å². The van der Waals surface area contributed by atoms with E-state index in [1.165, 1.54) is 30.5 Å². The molecule has 3 aromatic rings. The van der Waals surface area contributed by atoms with Crippen molar-refractivity contribution in [1.29, 1.82) is 0 Å². The lowest BCUT2D eigenvalue weighted by atomic mass is 9.67. The molecule has 9 nitrogen and oxygen atoms in total. The molecule has 0 bridgehead atoms. The van der Waals surface area contributed by atoms with Gasteiger partial charge in [-0.25, -0.2) is 27.9 Å². The van der Waals surface area contributed by atoms with Gasteiger partial charge >= 0.3 is 12.3 Å². The molecular weight excluding hydrogens is 569 g/mol. The summed E-state index contributed by atoms with van der Waals surface area (Å²) in [6.07, 6.45) is -2.84. The molecule has 0 aliphatic heterocycles. The first-order valence-electron chi connectivity index (χ1n) is 12.5. The van der Waals surface area contributed by atoms with Crippen LogP contribution >= 0.6 is 11.3 Å². The molecule has 0 radical (unpaired) electrons. The summed E-state index contributed by atoms with van der Waals surface area (Å²) < 4.78 is 73.7. The number of hydrogen-bond acceptors (Lipinski definition) is 8. The van der Waals surface area contributed by atoms with Crippen LogP contribution in [0.3, 0.4) is 0 Å². The predicted molar refractivity (Wildman–Crippen MR) is 144 cm³/mol. The maximum Gasteiger partial charge on any atom is 0.416 e. The van der Waals surface area contributed by atoms with Crippen LogP contribution in [0.15, 0.2) is 47.6 Å². The summed E-state index contributed by atoms with van der Waals surface area (Å²) in [4.78, 5) is 35.3. The van der Waals surface area contributed by atoms with E-state index in [1.54, 1.807) is 20.8 Å². The largest absolute Gasteiger partial charge is 0.450 e. The number of carbonyl (C=O) groups is 2. The minimum Gasteiger partial charge on any atom is -0.450 e. The number of carbonyl (C=O) groups excluding carboxylic acids is 2. The van der Waals surface area contributed by atoms with E-state index in [9.17, 15) is 31.2 Å².